The van der Waals surface area contributed by atoms with Gasteiger partial charge >= 0.3 is 5.97 Å². The second-order valence-corrected chi connectivity index (χ2v) is 5.93. The fourth-order valence-electron chi connectivity index (χ4n) is 2.93. The number of esters is 1. The molecule has 0 fully saturated rings. The van der Waals surface area contributed by atoms with Crippen LogP contribution in [-0.4, -0.2) is 29.7 Å². The van der Waals surface area contributed by atoms with E-state index in [4.69, 9.17) is 14.5 Å². The van der Waals surface area contributed by atoms with E-state index in [0.717, 1.165) is 28.1 Å². The van der Waals surface area contributed by atoms with Crippen molar-refractivity contribution < 1.29 is 14.3 Å². The molecule has 0 radical (unpaired) electrons. The van der Waals surface area contributed by atoms with E-state index >= 15 is 0 Å². The van der Waals surface area contributed by atoms with E-state index in [0.29, 0.717) is 25.3 Å². The third-order valence-corrected chi connectivity index (χ3v) is 4.20. The molecule has 0 aliphatic heterocycles. The minimum atomic E-state index is -0.190. The van der Waals surface area contributed by atoms with Crippen molar-refractivity contribution >= 4 is 5.97 Å². The molecule has 0 bridgehead atoms. The second-order valence-electron chi connectivity index (χ2n) is 5.93. The Morgan fingerprint density at radius 1 is 1.00 bits per heavy atom. The molecule has 3 aromatic rings. The minimum Gasteiger partial charge on any atom is -0.496 e. The van der Waals surface area contributed by atoms with Gasteiger partial charge in [-0.15, -0.1) is 0 Å². The number of carbonyl (C=O) groups excluding carboxylic acids is 1. The van der Waals surface area contributed by atoms with E-state index in [1.807, 2.05) is 61.5 Å². The molecular formula is C22H22N2O3. The van der Waals surface area contributed by atoms with Crippen LogP contribution in [0.5, 0.6) is 5.75 Å². The zero-order valence-corrected chi connectivity index (χ0v) is 15.5. The number of nitrogens with zero attached hydrogens (tertiary/aromatic N) is 2. The third kappa shape index (κ3) is 4.50. The number of para-hydroxylation sites is 1. The van der Waals surface area contributed by atoms with Gasteiger partial charge < -0.3 is 9.47 Å². The number of ether oxygens (including phenoxy) is 2. The zero-order chi connectivity index (χ0) is 19.1. The van der Waals surface area contributed by atoms with E-state index < -0.39 is 0 Å². The molecule has 0 N–H and O–H groups in total. The predicted molar refractivity (Wildman–Crippen MR) is 104 cm³/mol. The number of benzene rings is 2. The van der Waals surface area contributed by atoms with Gasteiger partial charge in [-0.05, 0) is 37.1 Å². The highest BCUT2D eigenvalue weighted by Crippen LogP contribution is 2.29. The van der Waals surface area contributed by atoms with Crippen molar-refractivity contribution in [1.82, 2.24) is 9.97 Å². The molecule has 0 atom stereocenters. The fourth-order valence-corrected chi connectivity index (χ4v) is 2.93. The summed E-state index contributed by atoms with van der Waals surface area (Å²) >= 11 is 0. The van der Waals surface area contributed by atoms with Crippen LogP contribution in [0.25, 0.3) is 22.6 Å². The zero-order valence-electron chi connectivity index (χ0n) is 15.5. The molecule has 0 spiro atoms. The Bertz CT molecular complexity index is 925. The quantitative estimate of drug-likeness (QED) is 0.586. The Labute approximate surface area is 159 Å². The van der Waals surface area contributed by atoms with E-state index in [9.17, 15) is 4.79 Å². The molecule has 0 saturated carbocycles. The number of rotatable bonds is 7. The molecule has 0 aliphatic carbocycles. The number of carbonyl (C=O) groups is 1. The van der Waals surface area contributed by atoms with Crippen LogP contribution < -0.4 is 4.74 Å². The van der Waals surface area contributed by atoms with Crippen LogP contribution in [0.4, 0.5) is 0 Å². The summed E-state index contributed by atoms with van der Waals surface area (Å²) in [5.41, 5.74) is 3.69. The number of methoxy groups -OCH3 is 1. The first-order valence-electron chi connectivity index (χ1n) is 8.93. The monoisotopic (exact) mass is 362 g/mol. The van der Waals surface area contributed by atoms with Gasteiger partial charge in [-0.25, -0.2) is 9.97 Å². The summed E-state index contributed by atoms with van der Waals surface area (Å²) in [7, 11) is 1.63. The van der Waals surface area contributed by atoms with Crippen molar-refractivity contribution in [2.45, 2.75) is 19.8 Å². The summed E-state index contributed by atoms with van der Waals surface area (Å²) in [6, 6.07) is 17.5. The highest BCUT2D eigenvalue weighted by Gasteiger charge is 2.12. The van der Waals surface area contributed by atoms with Gasteiger partial charge in [0.1, 0.15) is 5.75 Å². The summed E-state index contributed by atoms with van der Waals surface area (Å²) in [6.07, 6.45) is 2.69. The standard InChI is InChI=1S/C22H22N2O3/c1-3-27-21(25)13-12-16-8-4-5-9-17(16)19-14-15-23-22(24-19)18-10-6-7-11-20(18)26-2/h4-11,14-15H,3,12-13H2,1-2H3. The normalized spacial score (nSPS) is 10.4. The summed E-state index contributed by atoms with van der Waals surface area (Å²) < 4.78 is 10.5. The van der Waals surface area contributed by atoms with Crippen LogP contribution in [0.3, 0.4) is 0 Å². The van der Waals surface area contributed by atoms with Gasteiger partial charge in [0.25, 0.3) is 0 Å². The molecule has 1 aromatic heterocycles. The Hall–Kier alpha value is -3.21. The lowest BCUT2D eigenvalue weighted by atomic mass is 10.00. The average molecular weight is 362 g/mol. The van der Waals surface area contributed by atoms with Gasteiger partial charge in [0, 0.05) is 18.2 Å². The maximum Gasteiger partial charge on any atom is 0.306 e. The lowest BCUT2D eigenvalue weighted by Crippen LogP contribution is -2.06. The molecule has 0 unspecified atom stereocenters. The lowest BCUT2D eigenvalue weighted by Gasteiger charge is -2.11. The molecule has 5 heteroatoms. The molecule has 2 aromatic carbocycles. The van der Waals surface area contributed by atoms with Crippen molar-refractivity contribution in [2.75, 3.05) is 13.7 Å². The van der Waals surface area contributed by atoms with Gasteiger partial charge in [0.2, 0.25) is 0 Å². The molecule has 0 aliphatic rings. The van der Waals surface area contributed by atoms with Crippen LogP contribution in [0.2, 0.25) is 0 Å². The van der Waals surface area contributed by atoms with Gasteiger partial charge in [-0.2, -0.15) is 0 Å². The Morgan fingerprint density at radius 3 is 2.52 bits per heavy atom. The molecule has 138 valence electrons. The molecule has 27 heavy (non-hydrogen) atoms. The number of hydrogen-bond donors (Lipinski definition) is 0. The summed E-state index contributed by atoms with van der Waals surface area (Å²) in [5.74, 6) is 1.14. The van der Waals surface area contributed by atoms with Crippen LogP contribution >= 0.6 is 0 Å². The Morgan fingerprint density at radius 2 is 1.74 bits per heavy atom. The van der Waals surface area contributed by atoms with E-state index in [1.165, 1.54) is 0 Å². The smallest absolute Gasteiger partial charge is 0.306 e. The number of hydrogen-bond acceptors (Lipinski definition) is 5. The highest BCUT2D eigenvalue weighted by molar-refractivity contribution is 5.72. The van der Waals surface area contributed by atoms with Gasteiger partial charge in [0.05, 0.1) is 25.0 Å². The largest absolute Gasteiger partial charge is 0.496 e. The average Bonchev–Trinajstić information content (AvgIpc) is 2.73. The van der Waals surface area contributed by atoms with Crippen molar-refractivity contribution in [3.63, 3.8) is 0 Å². The first-order valence-corrected chi connectivity index (χ1v) is 8.93. The van der Waals surface area contributed by atoms with E-state index in [1.54, 1.807) is 13.3 Å². The fraction of sp³-hybridized carbons (Fsp3) is 0.227. The lowest BCUT2D eigenvalue weighted by molar-refractivity contribution is -0.143. The highest BCUT2D eigenvalue weighted by atomic mass is 16.5. The predicted octanol–water partition coefficient (Wildman–Crippen LogP) is 4.31. The summed E-state index contributed by atoms with van der Waals surface area (Å²) in [6.45, 7) is 2.21. The van der Waals surface area contributed by atoms with Crippen molar-refractivity contribution in [3.05, 3.63) is 66.4 Å². The van der Waals surface area contributed by atoms with E-state index in [2.05, 4.69) is 4.98 Å². The third-order valence-electron chi connectivity index (χ3n) is 4.20. The Balaban J connectivity index is 1.93. The maximum atomic E-state index is 11.7. The minimum absolute atomic E-state index is 0.190. The van der Waals surface area contributed by atoms with Gasteiger partial charge in [-0.1, -0.05) is 36.4 Å². The van der Waals surface area contributed by atoms with Crippen molar-refractivity contribution in [3.8, 4) is 28.4 Å². The topological polar surface area (TPSA) is 61.3 Å². The van der Waals surface area contributed by atoms with Gasteiger partial charge in [-0.3, -0.25) is 4.79 Å². The first-order chi connectivity index (χ1) is 13.2. The van der Waals surface area contributed by atoms with Crippen LogP contribution in [-0.2, 0) is 16.0 Å². The van der Waals surface area contributed by atoms with Crippen LogP contribution in [0, 0.1) is 0 Å². The summed E-state index contributed by atoms with van der Waals surface area (Å²) in [4.78, 5) is 20.9. The molecule has 1 heterocycles. The molecule has 0 amide bonds. The number of aryl methyl sites for hydroxylation is 1. The van der Waals surface area contributed by atoms with Crippen LogP contribution in [0.1, 0.15) is 18.9 Å². The number of aromatic nitrogens is 2. The van der Waals surface area contributed by atoms with Crippen LogP contribution in [0.15, 0.2) is 60.8 Å². The van der Waals surface area contributed by atoms with E-state index in [-0.39, 0.29) is 5.97 Å². The Kier molecular flexibility index (Phi) is 6.15. The second kappa shape index (κ2) is 8.94. The SMILES string of the molecule is CCOC(=O)CCc1ccccc1-c1ccnc(-c2ccccc2OC)n1. The van der Waals surface area contributed by atoms with Crippen molar-refractivity contribution in [1.29, 1.82) is 0 Å². The molecule has 3 rings (SSSR count). The van der Waals surface area contributed by atoms with Crippen molar-refractivity contribution in [2.24, 2.45) is 0 Å². The maximum absolute atomic E-state index is 11.7. The van der Waals surface area contributed by atoms with Gasteiger partial charge in [0.15, 0.2) is 5.82 Å². The molecular weight excluding hydrogens is 340 g/mol. The first kappa shape index (κ1) is 18.6. The molecule has 5 nitrogen and oxygen atoms in total. The summed E-state index contributed by atoms with van der Waals surface area (Å²) in [5, 5.41) is 0. The molecule has 0 saturated heterocycles.